The molecule has 0 fully saturated rings. The number of hydrogen-bond donors (Lipinski definition) is 2. The van der Waals surface area contributed by atoms with Crippen molar-refractivity contribution in [2.75, 3.05) is 40.8 Å². The number of aliphatic imine (C=N–C) groups is 1. The summed E-state index contributed by atoms with van der Waals surface area (Å²) in [5.41, 5.74) is 1.29. The zero-order valence-electron chi connectivity index (χ0n) is 16.5. The molecule has 1 atom stereocenters. The number of guanidine groups is 1. The van der Waals surface area contributed by atoms with E-state index in [0.717, 1.165) is 32.1 Å². The maximum atomic E-state index is 5.88. The fourth-order valence-corrected chi connectivity index (χ4v) is 2.04. The molecule has 2 N–H and O–H groups in total. The Bertz CT molecular complexity index is 491. The maximum Gasteiger partial charge on any atom is 0.191 e. The molecule has 0 bridgehead atoms. The molecule has 0 heterocycles. The summed E-state index contributed by atoms with van der Waals surface area (Å²) in [6, 6.07) is 10.3. The quantitative estimate of drug-likeness (QED) is 0.256. The van der Waals surface area contributed by atoms with E-state index in [1.165, 1.54) is 5.56 Å². The van der Waals surface area contributed by atoms with Gasteiger partial charge in [0, 0.05) is 32.3 Å². The molecule has 0 saturated carbocycles. The number of nitrogens with one attached hydrogen (secondary N) is 2. The highest BCUT2D eigenvalue weighted by Gasteiger charge is 2.20. The van der Waals surface area contributed by atoms with Gasteiger partial charge in [0.2, 0.25) is 0 Å². The summed E-state index contributed by atoms with van der Waals surface area (Å²) in [7, 11) is 5.97. The lowest BCUT2D eigenvalue weighted by molar-refractivity contribution is 0.0646. The lowest BCUT2D eigenvalue weighted by Gasteiger charge is -2.33. The van der Waals surface area contributed by atoms with E-state index in [-0.39, 0.29) is 35.6 Å². The van der Waals surface area contributed by atoms with E-state index in [0.29, 0.717) is 0 Å². The van der Waals surface area contributed by atoms with E-state index in [1.807, 2.05) is 18.2 Å². The smallest absolute Gasteiger partial charge is 0.191 e. The normalized spacial score (nSPS) is 13.3. The zero-order chi connectivity index (χ0) is 18.0. The predicted octanol–water partition coefficient (Wildman–Crippen LogP) is 3.28. The van der Waals surface area contributed by atoms with Crippen molar-refractivity contribution in [3.63, 3.8) is 0 Å². The summed E-state index contributed by atoms with van der Waals surface area (Å²) in [5, 5.41) is 6.71. The van der Waals surface area contributed by atoms with Gasteiger partial charge in [-0.25, -0.2) is 0 Å². The van der Waals surface area contributed by atoms with Gasteiger partial charge in [0.1, 0.15) is 0 Å². The Balaban J connectivity index is 0.00000576. The van der Waals surface area contributed by atoms with Gasteiger partial charge < -0.3 is 20.3 Å². The van der Waals surface area contributed by atoms with Crippen LogP contribution in [0, 0.1) is 0 Å². The van der Waals surface area contributed by atoms with Crippen molar-refractivity contribution in [3.05, 3.63) is 35.9 Å². The molecule has 0 radical (unpaired) electrons. The molecule has 144 valence electrons. The number of likely N-dealkylation sites (N-methyl/N-ethyl adjacent to an activating group) is 1. The maximum absolute atomic E-state index is 5.88. The Morgan fingerprint density at radius 2 is 1.84 bits per heavy atom. The van der Waals surface area contributed by atoms with Crippen LogP contribution in [-0.4, -0.2) is 57.2 Å². The third-order valence-corrected chi connectivity index (χ3v) is 4.37. The Morgan fingerprint density at radius 1 is 1.20 bits per heavy atom. The highest BCUT2D eigenvalue weighted by Crippen LogP contribution is 2.15. The zero-order valence-corrected chi connectivity index (χ0v) is 18.8. The molecule has 0 aliphatic carbocycles. The van der Waals surface area contributed by atoms with Gasteiger partial charge in [-0.05, 0) is 46.9 Å². The largest absolute Gasteiger partial charge is 0.374 e. The third kappa shape index (κ3) is 9.42. The molecule has 1 aromatic carbocycles. The van der Waals surface area contributed by atoms with Crippen LogP contribution in [0.3, 0.4) is 0 Å². The molecule has 1 unspecified atom stereocenters. The molecule has 0 aromatic heterocycles. The van der Waals surface area contributed by atoms with Crippen LogP contribution in [0.1, 0.15) is 38.9 Å². The Morgan fingerprint density at radius 3 is 2.40 bits per heavy atom. The lowest BCUT2D eigenvalue weighted by atomic mass is 10.0. The van der Waals surface area contributed by atoms with Gasteiger partial charge >= 0.3 is 0 Å². The first-order chi connectivity index (χ1) is 11.4. The molecule has 0 aliphatic heterocycles. The minimum Gasteiger partial charge on any atom is -0.374 e. The van der Waals surface area contributed by atoms with Crippen molar-refractivity contribution < 1.29 is 4.74 Å². The fraction of sp³-hybridized carbons (Fsp3) is 0.632. The van der Waals surface area contributed by atoms with E-state index in [4.69, 9.17) is 4.74 Å². The van der Waals surface area contributed by atoms with Crippen molar-refractivity contribution in [3.8, 4) is 0 Å². The average molecular weight is 462 g/mol. The first-order valence-electron chi connectivity index (χ1n) is 8.65. The van der Waals surface area contributed by atoms with Crippen LogP contribution in [0.2, 0.25) is 0 Å². The van der Waals surface area contributed by atoms with Gasteiger partial charge in [0.05, 0.1) is 6.10 Å². The first kappa shape index (κ1) is 24.1. The second kappa shape index (κ2) is 12.5. The van der Waals surface area contributed by atoms with E-state index < -0.39 is 0 Å². The number of rotatable bonds is 9. The molecule has 1 aromatic rings. The highest BCUT2D eigenvalue weighted by atomic mass is 127. The lowest BCUT2D eigenvalue weighted by Crippen LogP contribution is -2.51. The average Bonchev–Trinajstić information content (AvgIpc) is 2.57. The number of ether oxygens (including phenoxy) is 1. The van der Waals surface area contributed by atoms with Gasteiger partial charge in [-0.15, -0.1) is 24.0 Å². The monoisotopic (exact) mass is 462 g/mol. The topological polar surface area (TPSA) is 48.9 Å². The summed E-state index contributed by atoms with van der Waals surface area (Å²) < 4.78 is 5.88. The number of benzene rings is 1. The van der Waals surface area contributed by atoms with Gasteiger partial charge in [0.25, 0.3) is 0 Å². The van der Waals surface area contributed by atoms with Crippen LogP contribution in [0.25, 0.3) is 0 Å². The van der Waals surface area contributed by atoms with Crippen molar-refractivity contribution >= 4 is 29.9 Å². The van der Waals surface area contributed by atoms with Crippen LogP contribution in [-0.2, 0) is 4.74 Å². The van der Waals surface area contributed by atoms with Crippen LogP contribution in [0.15, 0.2) is 35.3 Å². The Labute approximate surface area is 170 Å². The van der Waals surface area contributed by atoms with Gasteiger partial charge in [0.15, 0.2) is 5.96 Å². The molecule has 0 aliphatic rings. The molecule has 0 amide bonds. The summed E-state index contributed by atoms with van der Waals surface area (Å²) in [4.78, 5) is 6.47. The molecule has 0 saturated heterocycles. The fourth-order valence-electron chi connectivity index (χ4n) is 2.04. The van der Waals surface area contributed by atoms with Crippen molar-refractivity contribution in [1.82, 2.24) is 15.5 Å². The molecule has 0 spiro atoms. The Kier molecular flexibility index (Phi) is 12.1. The van der Waals surface area contributed by atoms with Crippen LogP contribution in [0.4, 0.5) is 0 Å². The van der Waals surface area contributed by atoms with Crippen LogP contribution in [0.5, 0.6) is 0 Å². The molecule has 25 heavy (non-hydrogen) atoms. The molecule has 6 heteroatoms. The molecule has 5 nitrogen and oxygen atoms in total. The van der Waals surface area contributed by atoms with Crippen LogP contribution >= 0.6 is 24.0 Å². The van der Waals surface area contributed by atoms with Crippen molar-refractivity contribution in [2.45, 2.75) is 38.8 Å². The second-order valence-electron chi connectivity index (χ2n) is 6.84. The predicted molar refractivity (Wildman–Crippen MR) is 118 cm³/mol. The van der Waals surface area contributed by atoms with Crippen molar-refractivity contribution in [1.29, 1.82) is 0 Å². The van der Waals surface area contributed by atoms with Gasteiger partial charge in [-0.3, -0.25) is 4.99 Å². The van der Waals surface area contributed by atoms with E-state index in [1.54, 1.807) is 7.05 Å². The van der Waals surface area contributed by atoms with Crippen LogP contribution < -0.4 is 10.6 Å². The second-order valence-corrected chi connectivity index (χ2v) is 6.84. The third-order valence-electron chi connectivity index (χ3n) is 4.37. The highest BCUT2D eigenvalue weighted by molar-refractivity contribution is 14.0. The summed E-state index contributed by atoms with van der Waals surface area (Å²) >= 11 is 0. The first-order valence-corrected chi connectivity index (χ1v) is 8.65. The molecule has 1 rings (SSSR count). The minimum absolute atomic E-state index is 0. The number of halogens is 1. The van der Waals surface area contributed by atoms with Gasteiger partial charge in [-0.2, -0.15) is 0 Å². The Hall–Kier alpha value is -0.860. The minimum atomic E-state index is 0. The summed E-state index contributed by atoms with van der Waals surface area (Å²) in [6.07, 6.45) is 1.07. The SMILES string of the molecule is CN=C(NCCCOC(C)c1ccccc1)NCC(C)(C)N(C)C.I. The van der Waals surface area contributed by atoms with E-state index >= 15 is 0 Å². The van der Waals surface area contributed by atoms with E-state index in [9.17, 15) is 0 Å². The summed E-state index contributed by atoms with van der Waals surface area (Å²) in [6.45, 7) is 8.89. The van der Waals surface area contributed by atoms with E-state index in [2.05, 4.69) is 67.5 Å². The van der Waals surface area contributed by atoms with Gasteiger partial charge in [-0.1, -0.05) is 30.3 Å². The summed E-state index contributed by atoms with van der Waals surface area (Å²) in [5.74, 6) is 0.834. The van der Waals surface area contributed by atoms with Crippen molar-refractivity contribution in [2.24, 2.45) is 4.99 Å². The molecular weight excluding hydrogens is 427 g/mol. The number of nitrogens with zero attached hydrogens (tertiary/aromatic N) is 2. The standard InChI is InChI=1S/C19H34N4O.HI/c1-16(17-11-8-7-9-12-17)24-14-10-13-21-18(20-4)22-15-19(2,3)23(5)6;/h7-9,11-12,16H,10,13-15H2,1-6H3,(H2,20,21,22);1H. The molecular formula is C19H35IN4O. The number of hydrogen-bond acceptors (Lipinski definition) is 3.